The van der Waals surface area contributed by atoms with Gasteiger partial charge in [0.05, 0.1) is 6.61 Å². The molecule has 0 saturated carbocycles. The number of ether oxygens (including phenoxy) is 2. The van der Waals surface area contributed by atoms with Crippen LogP contribution in [0, 0.1) is 0 Å². The summed E-state index contributed by atoms with van der Waals surface area (Å²) < 4.78 is 10.5. The third kappa shape index (κ3) is 17.4. The molecule has 0 aromatic carbocycles. The molecule has 114 valence electrons. The van der Waals surface area contributed by atoms with Gasteiger partial charge in [0.1, 0.15) is 0 Å². The Morgan fingerprint density at radius 1 is 0.737 bits per heavy atom. The van der Waals surface area contributed by atoms with Crippen molar-refractivity contribution < 1.29 is 14.3 Å². The maximum atomic E-state index is 10.5. The van der Waals surface area contributed by atoms with Crippen molar-refractivity contribution in [3.8, 4) is 0 Å². The third-order valence-corrected chi connectivity index (χ3v) is 3.13. The molecule has 0 fully saturated rings. The van der Waals surface area contributed by atoms with Crippen LogP contribution < -0.4 is 0 Å². The van der Waals surface area contributed by atoms with Crippen molar-refractivity contribution in [3.63, 3.8) is 0 Å². The highest BCUT2D eigenvalue weighted by Crippen LogP contribution is 2.05. The Labute approximate surface area is 119 Å². The molecule has 0 saturated heterocycles. The lowest BCUT2D eigenvalue weighted by Gasteiger charge is -2.05. The van der Waals surface area contributed by atoms with Gasteiger partial charge in [-0.25, -0.2) is 0 Å². The normalized spacial score (nSPS) is 10.6. The number of carbonyl (C=O) groups is 1. The molecule has 3 heteroatoms. The van der Waals surface area contributed by atoms with E-state index >= 15 is 0 Å². The van der Waals surface area contributed by atoms with E-state index in [0.717, 1.165) is 38.9 Å². The zero-order valence-corrected chi connectivity index (χ0v) is 12.9. The molecule has 0 radical (unpaired) electrons. The van der Waals surface area contributed by atoms with Crippen LogP contribution in [0.5, 0.6) is 0 Å². The van der Waals surface area contributed by atoms with Gasteiger partial charge in [0, 0.05) is 20.1 Å². The number of hydrogen-bond acceptors (Lipinski definition) is 3. The maximum Gasteiger partial charge on any atom is 0.302 e. The summed E-state index contributed by atoms with van der Waals surface area (Å²) in [6, 6.07) is 0. The summed E-state index contributed by atoms with van der Waals surface area (Å²) >= 11 is 0. The molecular weight excluding hydrogens is 240 g/mol. The topological polar surface area (TPSA) is 35.5 Å². The minimum absolute atomic E-state index is 0.178. The fourth-order valence-corrected chi connectivity index (χ4v) is 1.96. The van der Waals surface area contributed by atoms with E-state index in [1.54, 1.807) is 0 Å². The Balaban J connectivity index is 2.93. The molecule has 0 aromatic rings. The third-order valence-electron chi connectivity index (χ3n) is 3.13. The first kappa shape index (κ1) is 18.4. The number of hydrogen-bond donors (Lipinski definition) is 0. The predicted molar refractivity (Wildman–Crippen MR) is 79.3 cm³/mol. The van der Waals surface area contributed by atoms with Crippen molar-refractivity contribution in [2.24, 2.45) is 0 Å². The summed E-state index contributed by atoms with van der Waals surface area (Å²) in [5.41, 5.74) is 0. The van der Waals surface area contributed by atoms with E-state index in [1.807, 2.05) is 0 Å². The average molecular weight is 272 g/mol. The molecule has 0 spiro atoms. The summed E-state index contributed by atoms with van der Waals surface area (Å²) in [6.45, 7) is 6.06. The van der Waals surface area contributed by atoms with E-state index in [2.05, 4.69) is 6.92 Å². The molecule has 0 atom stereocenters. The van der Waals surface area contributed by atoms with Gasteiger partial charge >= 0.3 is 5.97 Å². The van der Waals surface area contributed by atoms with Gasteiger partial charge in [-0.1, -0.05) is 45.4 Å². The molecule has 0 aliphatic carbocycles. The van der Waals surface area contributed by atoms with Crippen LogP contribution in [0.3, 0.4) is 0 Å². The zero-order valence-electron chi connectivity index (χ0n) is 12.9. The number of carbonyl (C=O) groups excluding carboxylic acids is 1. The van der Waals surface area contributed by atoms with E-state index in [0.29, 0.717) is 6.61 Å². The second-order valence-electron chi connectivity index (χ2n) is 5.13. The van der Waals surface area contributed by atoms with Crippen molar-refractivity contribution in [2.45, 2.75) is 78.1 Å². The first-order valence-electron chi connectivity index (χ1n) is 7.98. The Morgan fingerprint density at radius 2 is 1.21 bits per heavy atom. The molecule has 0 aliphatic heterocycles. The maximum absolute atomic E-state index is 10.5. The molecule has 0 heterocycles. The van der Waals surface area contributed by atoms with Crippen LogP contribution in [-0.4, -0.2) is 25.8 Å². The molecule has 3 nitrogen and oxygen atoms in total. The first-order valence-corrected chi connectivity index (χ1v) is 7.98. The van der Waals surface area contributed by atoms with Crippen LogP contribution in [0.25, 0.3) is 0 Å². The fourth-order valence-electron chi connectivity index (χ4n) is 1.96. The summed E-state index contributed by atoms with van der Waals surface area (Å²) in [4.78, 5) is 10.5. The fraction of sp³-hybridized carbons (Fsp3) is 0.938. The lowest BCUT2D eigenvalue weighted by atomic mass is 10.1. The van der Waals surface area contributed by atoms with Gasteiger partial charge in [0.15, 0.2) is 0 Å². The molecule has 0 bridgehead atoms. The molecular formula is C16H32O3. The van der Waals surface area contributed by atoms with Gasteiger partial charge in [-0.3, -0.25) is 4.79 Å². The first-order chi connectivity index (χ1) is 9.27. The van der Waals surface area contributed by atoms with E-state index in [9.17, 15) is 4.79 Å². The van der Waals surface area contributed by atoms with Crippen molar-refractivity contribution in [1.29, 1.82) is 0 Å². The van der Waals surface area contributed by atoms with Crippen LogP contribution in [0.15, 0.2) is 0 Å². The SMILES string of the molecule is CCCCCCCCOCCCCCCOC(C)=O. The van der Waals surface area contributed by atoms with Gasteiger partial charge < -0.3 is 9.47 Å². The average Bonchev–Trinajstić information content (AvgIpc) is 2.39. The van der Waals surface area contributed by atoms with E-state index in [4.69, 9.17) is 9.47 Å². The summed E-state index contributed by atoms with van der Waals surface area (Å²) in [7, 11) is 0. The van der Waals surface area contributed by atoms with Crippen LogP contribution in [0.4, 0.5) is 0 Å². The highest BCUT2D eigenvalue weighted by molar-refractivity contribution is 5.65. The van der Waals surface area contributed by atoms with Crippen molar-refractivity contribution in [1.82, 2.24) is 0 Å². The van der Waals surface area contributed by atoms with Crippen LogP contribution in [0.1, 0.15) is 78.1 Å². The minimum Gasteiger partial charge on any atom is -0.466 e. The second-order valence-corrected chi connectivity index (χ2v) is 5.13. The van der Waals surface area contributed by atoms with Gasteiger partial charge in [0.2, 0.25) is 0 Å². The van der Waals surface area contributed by atoms with E-state index in [-0.39, 0.29) is 5.97 Å². The molecule has 19 heavy (non-hydrogen) atoms. The monoisotopic (exact) mass is 272 g/mol. The molecule has 0 aliphatic rings. The summed E-state index contributed by atoms with van der Waals surface area (Å²) in [5, 5.41) is 0. The lowest BCUT2D eigenvalue weighted by Crippen LogP contribution is -2.01. The minimum atomic E-state index is -0.178. The van der Waals surface area contributed by atoms with Crippen LogP contribution in [-0.2, 0) is 14.3 Å². The van der Waals surface area contributed by atoms with Crippen molar-refractivity contribution >= 4 is 5.97 Å². The summed E-state index contributed by atoms with van der Waals surface area (Å²) in [5.74, 6) is -0.178. The highest BCUT2D eigenvalue weighted by atomic mass is 16.5. The molecule has 0 amide bonds. The van der Waals surface area contributed by atoms with Gasteiger partial charge in [0.25, 0.3) is 0 Å². The van der Waals surface area contributed by atoms with E-state index < -0.39 is 0 Å². The smallest absolute Gasteiger partial charge is 0.302 e. The van der Waals surface area contributed by atoms with Crippen LogP contribution in [0.2, 0.25) is 0 Å². The molecule has 0 aromatic heterocycles. The second kappa shape index (κ2) is 15.5. The van der Waals surface area contributed by atoms with Gasteiger partial charge in [-0.15, -0.1) is 0 Å². The Morgan fingerprint density at radius 3 is 1.74 bits per heavy atom. The lowest BCUT2D eigenvalue weighted by molar-refractivity contribution is -0.141. The Bertz CT molecular complexity index is 192. The quantitative estimate of drug-likeness (QED) is 0.345. The predicted octanol–water partition coefficient (Wildman–Crippen LogP) is 4.49. The van der Waals surface area contributed by atoms with Crippen LogP contribution >= 0.6 is 0 Å². The van der Waals surface area contributed by atoms with Gasteiger partial charge in [-0.05, 0) is 25.7 Å². The van der Waals surface area contributed by atoms with Crippen molar-refractivity contribution in [3.05, 3.63) is 0 Å². The zero-order chi connectivity index (χ0) is 14.2. The largest absolute Gasteiger partial charge is 0.466 e. The molecule has 0 rings (SSSR count). The Hall–Kier alpha value is -0.570. The van der Waals surface area contributed by atoms with E-state index in [1.165, 1.54) is 45.4 Å². The molecule has 0 N–H and O–H groups in total. The standard InChI is InChI=1S/C16H32O3/c1-3-4-5-6-7-10-13-18-14-11-8-9-12-15-19-16(2)17/h3-15H2,1-2H3. The number of esters is 1. The number of rotatable bonds is 14. The van der Waals surface area contributed by atoms with Crippen molar-refractivity contribution in [2.75, 3.05) is 19.8 Å². The molecule has 0 unspecified atom stereocenters. The number of unbranched alkanes of at least 4 members (excludes halogenated alkanes) is 8. The Kier molecular flexibility index (Phi) is 15.0. The highest BCUT2D eigenvalue weighted by Gasteiger charge is 1.94. The summed E-state index contributed by atoms with van der Waals surface area (Å²) in [6.07, 6.45) is 12.3. The van der Waals surface area contributed by atoms with Gasteiger partial charge in [-0.2, -0.15) is 0 Å².